The quantitative estimate of drug-likeness (QED) is 0.778. The summed E-state index contributed by atoms with van der Waals surface area (Å²) in [6.45, 7) is 7.15. The minimum Gasteiger partial charge on any atom is -0.451 e. The van der Waals surface area contributed by atoms with Crippen LogP contribution in [0.25, 0.3) is 11.0 Å². The van der Waals surface area contributed by atoms with Gasteiger partial charge in [-0.05, 0) is 33.0 Å². The van der Waals surface area contributed by atoms with Gasteiger partial charge < -0.3 is 19.0 Å². The van der Waals surface area contributed by atoms with Crippen molar-refractivity contribution in [2.45, 2.75) is 32.4 Å². The van der Waals surface area contributed by atoms with Gasteiger partial charge in [0.2, 0.25) is 0 Å². The largest absolute Gasteiger partial charge is 0.451 e. The van der Waals surface area contributed by atoms with Crippen LogP contribution in [0.1, 0.15) is 34.5 Å². The lowest BCUT2D eigenvalue weighted by Crippen LogP contribution is -2.54. The van der Waals surface area contributed by atoms with Crippen LogP contribution in [-0.2, 0) is 4.74 Å². The first kappa shape index (κ1) is 18.2. The van der Waals surface area contributed by atoms with E-state index in [9.17, 15) is 4.79 Å². The molecule has 136 valence electrons. The Bertz CT molecular complexity index is 793. The summed E-state index contributed by atoms with van der Waals surface area (Å²) in [4.78, 5) is 17.4. The van der Waals surface area contributed by atoms with Gasteiger partial charge in [0.1, 0.15) is 11.3 Å². The molecule has 1 aromatic carbocycles. The van der Waals surface area contributed by atoms with Gasteiger partial charge in [0.05, 0.1) is 6.61 Å². The number of furan rings is 1. The molecule has 4 rings (SSSR count). The highest BCUT2D eigenvalue weighted by atomic mass is 35.5. The Morgan fingerprint density at radius 1 is 1.16 bits per heavy atom. The van der Waals surface area contributed by atoms with E-state index in [2.05, 4.69) is 24.9 Å². The zero-order valence-corrected chi connectivity index (χ0v) is 15.8. The Morgan fingerprint density at radius 3 is 2.60 bits per heavy atom. The van der Waals surface area contributed by atoms with Crippen molar-refractivity contribution in [1.82, 2.24) is 9.80 Å². The Hall–Kier alpha value is -1.56. The molecule has 0 atom stereocenters. The SMILES string of the molecule is Cc1ccc2oc(C(=O)N3CCOC34CCN(C)CC4)c(C)c2c1.Cl. The molecule has 2 aliphatic heterocycles. The second-order valence-electron chi connectivity index (χ2n) is 7.11. The van der Waals surface area contributed by atoms with Crippen LogP contribution < -0.4 is 0 Å². The monoisotopic (exact) mass is 364 g/mol. The van der Waals surface area contributed by atoms with Crippen LogP contribution in [-0.4, -0.2) is 54.7 Å². The summed E-state index contributed by atoms with van der Waals surface area (Å²) in [5.74, 6) is 0.419. The number of amides is 1. The van der Waals surface area contributed by atoms with E-state index >= 15 is 0 Å². The summed E-state index contributed by atoms with van der Waals surface area (Å²) >= 11 is 0. The van der Waals surface area contributed by atoms with Gasteiger partial charge in [-0.2, -0.15) is 0 Å². The number of benzene rings is 1. The molecule has 0 N–H and O–H groups in total. The van der Waals surface area contributed by atoms with Crippen molar-refractivity contribution in [3.63, 3.8) is 0 Å². The third kappa shape index (κ3) is 2.94. The second kappa shape index (κ2) is 6.63. The number of carbonyl (C=O) groups is 1. The molecule has 2 aromatic rings. The van der Waals surface area contributed by atoms with Gasteiger partial charge in [-0.25, -0.2) is 0 Å². The molecule has 1 aromatic heterocycles. The molecular weight excluding hydrogens is 340 g/mol. The molecule has 25 heavy (non-hydrogen) atoms. The number of ether oxygens (including phenoxy) is 1. The van der Waals surface area contributed by atoms with E-state index in [4.69, 9.17) is 9.15 Å². The van der Waals surface area contributed by atoms with Gasteiger partial charge in [-0.1, -0.05) is 11.6 Å². The van der Waals surface area contributed by atoms with Crippen molar-refractivity contribution in [2.24, 2.45) is 0 Å². The van der Waals surface area contributed by atoms with Crippen LogP contribution >= 0.6 is 12.4 Å². The summed E-state index contributed by atoms with van der Waals surface area (Å²) in [6.07, 6.45) is 1.71. The zero-order chi connectivity index (χ0) is 16.9. The predicted octanol–water partition coefficient (Wildman–Crippen LogP) is 3.37. The fourth-order valence-electron chi connectivity index (χ4n) is 3.94. The summed E-state index contributed by atoms with van der Waals surface area (Å²) in [7, 11) is 2.11. The van der Waals surface area contributed by atoms with E-state index in [1.54, 1.807) is 0 Å². The first-order valence-electron chi connectivity index (χ1n) is 8.64. The maximum Gasteiger partial charge on any atom is 0.292 e. The van der Waals surface area contributed by atoms with E-state index in [1.165, 1.54) is 5.56 Å². The van der Waals surface area contributed by atoms with Crippen molar-refractivity contribution in [2.75, 3.05) is 33.3 Å². The van der Waals surface area contributed by atoms with Crippen LogP contribution in [0.4, 0.5) is 0 Å². The number of aryl methyl sites for hydroxylation is 2. The van der Waals surface area contributed by atoms with E-state index in [0.717, 1.165) is 42.5 Å². The van der Waals surface area contributed by atoms with E-state index in [-0.39, 0.29) is 18.3 Å². The van der Waals surface area contributed by atoms with Crippen molar-refractivity contribution >= 4 is 29.3 Å². The average molecular weight is 365 g/mol. The third-order valence-corrected chi connectivity index (χ3v) is 5.48. The summed E-state index contributed by atoms with van der Waals surface area (Å²) < 4.78 is 12.0. The highest BCUT2D eigenvalue weighted by Gasteiger charge is 2.47. The number of rotatable bonds is 1. The molecule has 2 saturated heterocycles. The number of fused-ring (bicyclic) bond motifs is 1. The minimum absolute atomic E-state index is 0. The van der Waals surface area contributed by atoms with Gasteiger partial charge in [0.25, 0.3) is 5.91 Å². The number of halogens is 1. The number of nitrogens with zero attached hydrogens (tertiary/aromatic N) is 2. The Labute approximate surface area is 154 Å². The van der Waals surface area contributed by atoms with E-state index in [0.29, 0.717) is 18.9 Å². The van der Waals surface area contributed by atoms with Crippen molar-refractivity contribution in [1.29, 1.82) is 0 Å². The van der Waals surface area contributed by atoms with Gasteiger partial charge in [0.15, 0.2) is 5.76 Å². The summed E-state index contributed by atoms with van der Waals surface area (Å²) in [6, 6.07) is 6.04. The zero-order valence-electron chi connectivity index (χ0n) is 15.0. The van der Waals surface area contributed by atoms with E-state index in [1.807, 2.05) is 24.0 Å². The van der Waals surface area contributed by atoms with Gasteiger partial charge in [-0.3, -0.25) is 4.79 Å². The lowest BCUT2D eigenvalue weighted by Gasteiger charge is -2.42. The first-order chi connectivity index (χ1) is 11.5. The highest BCUT2D eigenvalue weighted by molar-refractivity contribution is 5.99. The van der Waals surface area contributed by atoms with Crippen LogP contribution in [0, 0.1) is 13.8 Å². The fourth-order valence-corrected chi connectivity index (χ4v) is 3.94. The van der Waals surface area contributed by atoms with E-state index < -0.39 is 5.72 Å². The van der Waals surface area contributed by atoms with Crippen LogP contribution in [0.3, 0.4) is 0 Å². The molecule has 1 amide bonds. The molecule has 2 aliphatic rings. The highest BCUT2D eigenvalue weighted by Crippen LogP contribution is 2.36. The second-order valence-corrected chi connectivity index (χ2v) is 7.11. The molecular formula is C19H25ClN2O3. The Morgan fingerprint density at radius 2 is 1.88 bits per heavy atom. The molecule has 0 bridgehead atoms. The first-order valence-corrected chi connectivity index (χ1v) is 8.64. The van der Waals surface area contributed by atoms with Crippen molar-refractivity contribution in [3.05, 3.63) is 35.1 Å². The summed E-state index contributed by atoms with van der Waals surface area (Å²) in [5.41, 5.74) is 2.42. The molecule has 0 saturated carbocycles. The average Bonchev–Trinajstić information content (AvgIpc) is 3.12. The van der Waals surface area contributed by atoms with Crippen molar-refractivity contribution in [3.8, 4) is 0 Å². The smallest absolute Gasteiger partial charge is 0.292 e. The van der Waals surface area contributed by atoms with Crippen molar-refractivity contribution < 1.29 is 13.9 Å². The lowest BCUT2D eigenvalue weighted by atomic mass is 9.98. The molecule has 3 heterocycles. The van der Waals surface area contributed by atoms with Gasteiger partial charge in [-0.15, -0.1) is 12.4 Å². The maximum atomic E-state index is 13.2. The van der Waals surface area contributed by atoms with Gasteiger partial charge >= 0.3 is 0 Å². The Balaban J connectivity index is 0.00000182. The number of likely N-dealkylation sites (tertiary alicyclic amines) is 1. The number of hydrogen-bond acceptors (Lipinski definition) is 4. The Kier molecular flexibility index (Phi) is 4.84. The topological polar surface area (TPSA) is 45.9 Å². The standard InChI is InChI=1S/C19H24N2O3.ClH/c1-13-4-5-16-15(12-13)14(2)17(24-16)18(22)21-10-11-23-19(21)6-8-20(3)9-7-19;/h4-5,12H,6-11H2,1-3H3;1H. The molecule has 1 spiro atoms. The predicted molar refractivity (Wildman–Crippen MR) is 99.4 cm³/mol. The molecule has 5 nitrogen and oxygen atoms in total. The molecule has 2 fully saturated rings. The molecule has 0 aliphatic carbocycles. The number of piperidine rings is 1. The number of carbonyl (C=O) groups excluding carboxylic acids is 1. The van der Waals surface area contributed by atoms with Crippen LogP contribution in [0.5, 0.6) is 0 Å². The minimum atomic E-state index is -0.453. The van der Waals surface area contributed by atoms with Gasteiger partial charge in [0, 0.05) is 43.4 Å². The fraction of sp³-hybridized carbons (Fsp3) is 0.526. The maximum absolute atomic E-state index is 13.2. The molecule has 0 unspecified atom stereocenters. The molecule has 0 radical (unpaired) electrons. The molecule has 6 heteroatoms. The van der Waals surface area contributed by atoms with Crippen LogP contribution in [0.15, 0.2) is 22.6 Å². The number of hydrogen-bond donors (Lipinski definition) is 0. The summed E-state index contributed by atoms with van der Waals surface area (Å²) in [5, 5.41) is 1.02. The normalized spacial score (nSPS) is 20.2. The van der Waals surface area contributed by atoms with Crippen LogP contribution in [0.2, 0.25) is 0 Å². The third-order valence-electron chi connectivity index (χ3n) is 5.48. The lowest BCUT2D eigenvalue weighted by molar-refractivity contribution is -0.103.